The second-order valence-electron chi connectivity index (χ2n) is 6.83. The number of rotatable bonds is 3. The maximum absolute atomic E-state index is 13.6. The molecule has 1 unspecified atom stereocenters. The Morgan fingerprint density at radius 3 is 2.56 bits per heavy atom. The van der Waals surface area contributed by atoms with Gasteiger partial charge in [-0.2, -0.15) is 0 Å². The lowest BCUT2D eigenvalue weighted by Gasteiger charge is -2.34. The van der Waals surface area contributed by atoms with Crippen LogP contribution in [0.1, 0.15) is 18.2 Å². The van der Waals surface area contributed by atoms with Crippen molar-refractivity contribution in [2.75, 3.05) is 6.54 Å². The molecule has 2 N–H and O–H groups in total. The number of aromatic nitrogens is 1. The molecular weight excluding hydrogens is 377 g/mol. The zero-order valence-electron chi connectivity index (χ0n) is 14.4. The first-order chi connectivity index (χ1) is 12.7. The summed E-state index contributed by atoms with van der Waals surface area (Å²) in [5.74, 6) is -0.647. The number of halogens is 3. The molecule has 0 radical (unpaired) electrons. The van der Waals surface area contributed by atoms with Crippen molar-refractivity contribution in [1.29, 1.82) is 0 Å². The average Bonchev–Trinajstić information content (AvgIpc) is 3.01. The van der Waals surface area contributed by atoms with Crippen LogP contribution in [0.5, 0.6) is 0 Å². The highest BCUT2D eigenvalue weighted by Gasteiger charge is 2.42. The Morgan fingerprint density at radius 1 is 1.11 bits per heavy atom. The summed E-state index contributed by atoms with van der Waals surface area (Å²) in [5, 5.41) is 3.57. The Bertz CT molecular complexity index is 1140. The maximum atomic E-state index is 13.6. The predicted octanol–water partition coefficient (Wildman–Crippen LogP) is 3.77. The first kappa shape index (κ1) is 18.1. The van der Waals surface area contributed by atoms with E-state index >= 15 is 0 Å². The van der Waals surface area contributed by atoms with Crippen LogP contribution in [0.15, 0.2) is 52.3 Å². The molecule has 2 aromatic carbocycles. The summed E-state index contributed by atoms with van der Waals surface area (Å²) in [6.07, 6.45) is -2.06. The highest BCUT2D eigenvalue weighted by atomic mass is 32.2. The van der Waals surface area contributed by atoms with Gasteiger partial charge < -0.3 is 10.3 Å². The van der Waals surface area contributed by atoms with Gasteiger partial charge in [-0.3, -0.25) is 0 Å². The number of sulfone groups is 1. The summed E-state index contributed by atoms with van der Waals surface area (Å²) in [5.41, 5.74) is 0.0853. The molecule has 142 valence electrons. The summed E-state index contributed by atoms with van der Waals surface area (Å²) in [7, 11) is -3.92. The van der Waals surface area contributed by atoms with Crippen LogP contribution in [-0.2, 0) is 21.8 Å². The number of alkyl halides is 2. The third-order valence-corrected chi connectivity index (χ3v) is 6.87. The average molecular weight is 394 g/mol. The van der Waals surface area contributed by atoms with E-state index in [4.69, 9.17) is 0 Å². The van der Waals surface area contributed by atoms with Gasteiger partial charge in [0.25, 0.3) is 6.43 Å². The third kappa shape index (κ3) is 2.74. The standard InChI is InChI=1S/C19H17F3N2O2S/c1-19(18(21)22)17-15(7-8-23-19)14-6-5-13(10-16(14)24-17)27(25,26)12-4-2-3-11(20)9-12/h2-6,9-10,18,23-24H,7-8H2,1H3. The number of fused-ring (bicyclic) bond motifs is 3. The molecule has 2 heterocycles. The van der Waals surface area contributed by atoms with Crippen LogP contribution >= 0.6 is 0 Å². The summed E-state index contributed by atoms with van der Waals surface area (Å²) in [4.78, 5) is 2.80. The number of hydrogen-bond donors (Lipinski definition) is 2. The highest BCUT2D eigenvalue weighted by molar-refractivity contribution is 7.91. The topological polar surface area (TPSA) is 62.0 Å². The Labute approximate surface area is 154 Å². The minimum atomic E-state index is -3.92. The van der Waals surface area contributed by atoms with E-state index in [1.54, 1.807) is 6.07 Å². The molecule has 4 rings (SSSR count). The molecular formula is C19H17F3N2O2S. The van der Waals surface area contributed by atoms with E-state index < -0.39 is 27.6 Å². The lowest BCUT2D eigenvalue weighted by Crippen LogP contribution is -2.50. The zero-order valence-corrected chi connectivity index (χ0v) is 15.2. The van der Waals surface area contributed by atoms with Crippen LogP contribution in [0.2, 0.25) is 0 Å². The van der Waals surface area contributed by atoms with Crippen molar-refractivity contribution >= 4 is 20.7 Å². The van der Waals surface area contributed by atoms with E-state index in [9.17, 15) is 21.6 Å². The van der Waals surface area contributed by atoms with Crippen LogP contribution in [0.25, 0.3) is 10.9 Å². The van der Waals surface area contributed by atoms with Gasteiger partial charge in [-0.25, -0.2) is 21.6 Å². The smallest absolute Gasteiger partial charge is 0.261 e. The molecule has 8 heteroatoms. The lowest BCUT2D eigenvalue weighted by molar-refractivity contribution is 0.0325. The maximum Gasteiger partial charge on any atom is 0.261 e. The molecule has 4 nitrogen and oxygen atoms in total. The van der Waals surface area contributed by atoms with Gasteiger partial charge in [-0.1, -0.05) is 12.1 Å². The summed E-state index contributed by atoms with van der Waals surface area (Å²) >= 11 is 0. The quantitative estimate of drug-likeness (QED) is 0.711. The van der Waals surface area contributed by atoms with Crippen molar-refractivity contribution in [2.45, 2.75) is 35.1 Å². The molecule has 0 bridgehead atoms. The lowest BCUT2D eigenvalue weighted by atomic mass is 9.89. The Hall–Kier alpha value is -2.32. The SMILES string of the molecule is CC1(C(F)F)NCCc2c1[nH]c1cc(S(=O)(=O)c3cccc(F)c3)ccc21. The fraction of sp³-hybridized carbons (Fsp3) is 0.263. The largest absolute Gasteiger partial charge is 0.356 e. The van der Waals surface area contributed by atoms with E-state index in [2.05, 4.69) is 10.3 Å². The van der Waals surface area contributed by atoms with Gasteiger partial charge in [0.1, 0.15) is 11.4 Å². The van der Waals surface area contributed by atoms with Gasteiger partial charge >= 0.3 is 0 Å². The van der Waals surface area contributed by atoms with Gasteiger partial charge in [0.15, 0.2) is 0 Å². The van der Waals surface area contributed by atoms with E-state index in [1.807, 2.05) is 0 Å². The van der Waals surface area contributed by atoms with Gasteiger partial charge in [-0.15, -0.1) is 0 Å². The molecule has 1 aliphatic rings. The minimum Gasteiger partial charge on any atom is -0.356 e. The van der Waals surface area contributed by atoms with Crippen molar-refractivity contribution in [3.8, 4) is 0 Å². The van der Waals surface area contributed by atoms with Gasteiger partial charge in [0.05, 0.1) is 9.79 Å². The molecule has 1 aromatic heterocycles. The molecule has 3 aromatic rings. The van der Waals surface area contributed by atoms with E-state index in [0.717, 1.165) is 17.0 Å². The Balaban J connectivity index is 1.87. The van der Waals surface area contributed by atoms with Crippen molar-refractivity contribution in [2.24, 2.45) is 0 Å². The Kier molecular flexibility index (Phi) is 4.08. The van der Waals surface area contributed by atoms with Crippen LogP contribution in [0, 0.1) is 5.82 Å². The molecule has 0 saturated carbocycles. The first-order valence-electron chi connectivity index (χ1n) is 8.42. The van der Waals surface area contributed by atoms with Gasteiger partial charge in [-0.05, 0) is 49.2 Å². The summed E-state index contributed by atoms with van der Waals surface area (Å²) in [6, 6.07) is 9.23. The molecule has 1 aliphatic heterocycles. The number of benzene rings is 2. The van der Waals surface area contributed by atoms with E-state index in [-0.39, 0.29) is 9.79 Å². The van der Waals surface area contributed by atoms with Crippen LogP contribution in [0.3, 0.4) is 0 Å². The number of aromatic amines is 1. The fourth-order valence-corrected chi connectivity index (χ4v) is 4.91. The molecule has 0 aliphatic carbocycles. The molecule has 0 fully saturated rings. The molecule has 27 heavy (non-hydrogen) atoms. The van der Waals surface area contributed by atoms with E-state index in [0.29, 0.717) is 24.2 Å². The second-order valence-corrected chi connectivity index (χ2v) is 8.78. The first-order valence-corrected chi connectivity index (χ1v) is 9.91. The number of H-pyrrole nitrogens is 1. The Morgan fingerprint density at radius 2 is 1.85 bits per heavy atom. The van der Waals surface area contributed by atoms with Crippen LogP contribution in [0.4, 0.5) is 13.2 Å². The normalized spacial score (nSPS) is 20.2. The fourth-order valence-electron chi connectivity index (χ4n) is 3.60. The number of nitrogens with one attached hydrogen (secondary N) is 2. The van der Waals surface area contributed by atoms with Crippen LogP contribution < -0.4 is 5.32 Å². The van der Waals surface area contributed by atoms with Crippen molar-refractivity contribution in [3.05, 3.63) is 59.5 Å². The summed E-state index contributed by atoms with van der Waals surface area (Å²) in [6.45, 7) is 1.83. The third-order valence-electron chi connectivity index (χ3n) is 5.12. The zero-order chi connectivity index (χ0) is 19.4. The molecule has 0 saturated heterocycles. The summed E-state index contributed by atoms with van der Waals surface area (Å²) < 4.78 is 66.3. The van der Waals surface area contributed by atoms with Crippen molar-refractivity contribution in [1.82, 2.24) is 10.3 Å². The van der Waals surface area contributed by atoms with E-state index in [1.165, 1.54) is 37.3 Å². The van der Waals surface area contributed by atoms with Gasteiger partial charge in [0, 0.05) is 23.1 Å². The molecule has 0 spiro atoms. The van der Waals surface area contributed by atoms with Crippen molar-refractivity contribution < 1.29 is 21.6 Å². The second kappa shape index (κ2) is 6.10. The highest BCUT2D eigenvalue weighted by Crippen LogP contribution is 2.38. The van der Waals surface area contributed by atoms with Gasteiger partial charge in [0.2, 0.25) is 9.84 Å². The predicted molar refractivity (Wildman–Crippen MR) is 95.2 cm³/mol. The molecule has 1 atom stereocenters. The van der Waals surface area contributed by atoms with Crippen LogP contribution in [-0.4, -0.2) is 26.4 Å². The number of hydrogen-bond acceptors (Lipinski definition) is 3. The van der Waals surface area contributed by atoms with Crippen molar-refractivity contribution in [3.63, 3.8) is 0 Å². The minimum absolute atomic E-state index is 0.0223. The molecule has 0 amide bonds. The monoisotopic (exact) mass is 394 g/mol.